The number of hydrogen-bond acceptors (Lipinski definition) is 3. The van der Waals surface area contributed by atoms with Crippen LogP contribution < -0.4 is 0 Å². The first-order chi connectivity index (χ1) is 8.06. The van der Waals surface area contributed by atoms with E-state index < -0.39 is 11.8 Å². The van der Waals surface area contributed by atoms with Crippen molar-refractivity contribution in [1.29, 1.82) is 0 Å². The Kier molecular flexibility index (Phi) is 2.74. The number of carboxylic acids is 1. The third-order valence-corrected chi connectivity index (χ3v) is 2.15. The van der Waals surface area contributed by atoms with Gasteiger partial charge in [0.2, 0.25) is 0 Å². The van der Waals surface area contributed by atoms with Crippen LogP contribution in [0, 0.1) is 5.82 Å². The number of rotatable bonds is 2. The van der Waals surface area contributed by atoms with Crippen LogP contribution in [0.5, 0.6) is 5.75 Å². The number of carbonyl (C=O) groups is 1. The maximum Gasteiger partial charge on any atom is 0.354 e. The van der Waals surface area contributed by atoms with Crippen molar-refractivity contribution in [3.8, 4) is 17.0 Å². The topological polar surface area (TPSA) is 70.4 Å². The van der Waals surface area contributed by atoms with E-state index in [1.54, 1.807) is 6.07 Å². The summed E-state index contributed by atoms with van der Waals surface area (Å²) in [5.41, 5.74) is 0.483. The summed E-state index contributed by atoms with van der Waals surface area (Å²) in [6.45, 7) is 0. The molecule has 0 saturated heterocycles. The lowest BCUT2D eigenvalue weighted by Crippen LogP contribution is -2.00. The lowest BCUT2D eigenvalue weighted by atomic mass is 10.1. The fourth-order valence-electron chi connectivity index (χ4n) is 1.44. The third kappa shape index (κ3) is 2.39. The smallest absolute Gasteiger partial charge is 0.354 e. The maximum atomic E-state index is 13.1. The lowest BCUT2D eigenvalue weighted by Gasteiger charge is -2.03. The fourth-order valence-corrected chi connectivity index (χ4v) is 1.44. The number of pyridine rings is 1. The fraction of sp³-hybridized carbons (Fsp3) is 0. The van der Waals surface area contributed by atoms with E-state index in [1.807, 2.05) is 0 Å². The molecular weight excluding hydrogens is 225 g/mol. The second-order valence-corrected chi connectivity index (χ2v) is 3.41. The Morgan fingerprint density at radius 1 is 1.24 bits per heavy atom. The normalized spacial score (nSPS) is 10.2. The highest BCUT2D eigenvalue weighted by Crippen LogP contribution is 2.23. The van der Waals surface area contributed by atoms with Crippen LogP contribution in [0.4, 0.5) is 4.39 Å². The SMILES string of the molecule is O=C(O)c1cccc(-c2cc(O)cc(F)c2)n1. The highest BCUT2D eigenvalue weighted by atomic mass is 19.1. The number of aromatic hydroxyl groups is 1. The zero-order valence-corrected chi connectivity index (χ0v) is 8.59. The van der Waals surface area contributed by atoms with Gasteiger partial charge in [-0.25, -0.2) is 14.2 Å². The van der Waals surface area contributed by atoms with Crippen LogP contribution >= 0.6 is 0 Å². The van der Waals surface area contributed by atoms with E-state index in [-0.39, 0.29) is 11.4 Å². The van der Waals surface area contributed by atoms with Gasteiger partial charge in [0.1, 0.15) is 17.3 Å². The largest absolute Gasteiger partial charge is 0.508 e. The van der Waals surface area contributed by atoms with Crippen molar-refractivity contribution in [2.24, 2.45) is 0 Å². The van der Waals surface area contributed by atoms with Crippen molar-refractivity contribution in [3.63, 3.8) is 0 Å². The number of nitrogens with zero attached hydrogens (tertiary/aromatic N) is 1. The molecule has 1 heterocycles. The van der Waals surface area contributed by atoms with Gasteiger partial charge in [-0.05, 0) is 24.3 Å². The van der Waals surface area contributed by atoms with Gasteiger partial charge < -0.3 is 10.2 Å². The van der Waals surface area contributed by atoms with E-state index in [0.29, 0.717) is 11.3 Å². The van der Waals surface area contributed by atoms with Gasteiger partial charge in [-0.2, -0.15) is 0 Å². The zero-order valence-electron chi connectivity index (χ0n) is 8.59. The highest BCUT2D eigenvalue weighted by molar-refractivity contribution is 5.86. The Morgan fingerprint density at radius 3 is 2.65 bits per heavy atom. The summed E-state index contributed by atoms with van der Waals surface area (Å²) >= 11 is 0. The van der Waals surface area contributed by atoms with Crippen LogP contribution in [0.15, 0.2) is 36.4 Å². The van der Waals surface area contributed by atoms with E-state index >= 15 is 0 Å². The third-order valence-electron chi connectivity index (χ3n) is 2.15. The van der Waals surface area contributed by atoms with Gasteiger partial charge in [-0.15, -0.1) is 0 Å². The molecule has 0 saturated carbocycles. The van der Waals surface area contributed by atoms with E-state index in [9.17, 15) is 14.3 Å². The summed E-state index contributed by atoms with van der Waals surface area (Å²) in [6.07, 6.45) is 0. The van der Waals surface area contributed by atoms with Crippen LogP contribution in [0.2, 0.25) is 0 Å². The average molecular weight is 233 g/mol. The summed E-state index contributed by atoms with van der Waals surface area (Å²) in [6, 6.07) is 7.84. The molecule has 0 atom stereocenters. The molecule has 2 N–H and O–H groups in total. The number of hydrogen-bond donors (Lipinski definition) is 2. The van der Waals surface area contributed by atoms with E-state index in [4.69, 9.17) is 5.11 Å². The van der Waals surface area contributed by atoms with E-state index in [1.165, 1.54) is 24.3 Å². The Balaban J connectivity index is 2.52. The van der Waals surface area contributed by atoms with Gasteiger partial charge >= 0.3 is 5.97 Å². The number of aromatic nitrogens is 1. The van der Waals surface area contributed by atoms with E-state index in [0.717, 1.165) is 6.07 Å². The summed E-state index contributed by atoms with van der Waals surface area (Å²) in [5, 5.41) is 18.0. The quantitative estimate of drug-likeness (QED) is 0.834. The molecule has 0 amide bonds. The van der Waals surface area contributed by atoms with Crippen LogP contribution in [-0.2, 0) is 0 Å². The van der Waals surface area contributed by atoms with Gasteiger partial charge in [0, 0.05) is 11.6 Å². The lowest BCUT2D eigenvalue weighted by molar-refractivity contribution is 0.0690. The summed E-state index contributed by atoms with van der Waals surface area (Å²) in [7, 11) is 0. The molecular formula is C12H8FNO3. The van der Waals surface area contributed by atoms with Gasteiger partial charge in [-0.3, -0.25) is 0 Å². The first kappa shape index (κ1) is 11.1. The molecule has 5 heteroatoms. The molecule has 0 aliphatic carbocycles. The molecule has 0 aliphatic rings. The van der Waals surface area contributed by atoms with Crippen molar-refractivity contribution >= 4 is 5.97 Å². The molecule has 0 fully saturated rings. The van der Waals surface area contributed by atoms with Crippen LogP contribution in [-0.4, -0.2) is 21.2 Å². The number of phenolic OH excluding ortho intramolecular Hbond substituents is 1. The van der Waals surface area contributed by atoms with Crippen LogP contribution in [0.1, 0.15) is 10.5 Å². The van der Waals surface area contributed by atoms with Crippen LogP contribution in [0.3, 0.4) is 0 Å². The van der Waals surface area contributed by atoms with Crippen molar-refractivity contribution in [2.75, 3.05) is 0 Å². The monoisotopic (exact) mass is 233 g/mol. The number of halogens is 1. The number of phenols is 1. The highest BCUT2D eigenvalue weighted by Gasteiger charge is 2.08. The first-order valence-corrected chi connectivity index (χ1v) is 4.76. The van der Waals surface area contributed by atoms with E-state index in [2.05, 4.69) is 4.98 Å². The first-order valence-electron chi connectivity index (χ1n) is 4.76. The Bertz CT molecular complexity index is 563. The van der Waals surface area contributed by atoms with Crippen molar-refractivity contribution < 1.29 is 19.4 Å². The summed E-state index contributed by atoms with van der Waals surface area (Å²) < 4.78 is 13.1. The molecule has 2 rings (SSSR count). The minimum absolute atomic E-state index is 0.133. The summed E-state index contributed by atoms with van der Waals surface area (Å²) in [4.78, 5) is 14.6. The molecule has 0 bridgehead atoms. The minimum atomic E-state index is -1.16. The Hall–Kier alpha value is -2.43. The molecule has 4 nitrogen and oxygen atoms in total. The van der Waals surface area contributed by atoms with Gasteiger partial charge in [-0.1, -0.05) is 6.07 Å². The van der Waals surface area contributed by atoms with Gasteiger partial charge in [0.05, 0.1) is 5.69 Å². The summed E-state index contributed by atoms with van der Waals surface area (Å²) in [5.74, 6) is -2.00. The second-order valence-electron chi connectivity index (χ2n) is 3.41. The van der Waals surface area contributed by atoms with Crippen LogP contribution in [0.25, 0.3) is 11.3 Å². The predicted molar refractivity (Wildman–Crippen MR) is 58.3 cm³/mol. The number of aromatic carboxylic acids is 1. The number of benzene rings is 1. The Morgan fingerprint density at radius 2 is 2.00 bits per heavy atom. The maximum absolute atomic E-state index is 13.1. The molecule has 86 valence electrons. The molecule has 1 aromatic carbocycles. The standard InChI is InChI=1S/C12H8FNO3/c13-8-4-7(5-9(15)6-8)10-2-1-3-11(14-10)12(16)17/h1-6,15H,(H,16,17). The molecule has 17 heavy (non-hydrogen) atoms. The molecule has 2 aromatic rings. The van der Waals surface area contributed by atoms with Crippen molar-refractivity contribution in [1.82, 2.24) is 4.98 Å². The van der Waals surface area contributed by atoms with Gasteiger partial charge in [0.15, 0.2) is 0 Å². The molecule has 0 unspecified atom stereocenters. The molecule has 0 spiro atoms. The van der Waals surface area contributed by atoms with Gasteiger partial charge in [0.25, 0.3) is 0 Å². The average Bonchev–Trinajstić information content (AvgIpc) is 2.28. The second kappa shape index (κ2) is 4.21. The van der Waals surface area contributed by atoms with Crippen molar-refractivity contribution in [2.45, 2.75) is 0 Å². The zero-order chi connectivity index (χ0) is 12.4. The number of carboxylic acid groups (broad SMARTS) is 1. The molecule has 0 aliphatic heterocycles. The molecule has 0 radical (unpaired) electrons. The Labute approximate surface area is 96.0 Å². The predicted octanol–water partition coefficient (Wildman–Crippen LogP) is 2.29. The molecule has 1 aromatic heterocycles. The van der Waals surface area contributed by atoms with Crippen molar-refractivity contribution in [3.05, 3.63) is 47.9 Å². The minimum Gasteiger partial charge on any atom is -0.508 e.